The molecule has 1 amide bonds. The van der Waals surface area contributed by atoms with E-state index in [4.69, 9.17) is 9.40 Å². The summed E-state index contributed by atoms with van der Waals surface area (Å²) in [5.41, 5.74) is 0.766. The molecule has 4 aromatic rings. The highest BCUT2D eigenvalue weighted by Crippen LogP contribution is 2.25. The summed E-state index contributed by atoms with van der Waals surface area (Å²) in [6, 6.07) is 15.6. The Morgan fingerprint density at radius 3 is 2.53 bits per heavy atom. The first-order valence-corrected chi connectivity index (χ1v) is 11.6. The maximum absolute atomic E-state index is 13.6. The molecular weight excluding hydrogens is 433 g/mol. The summed E-state index contributed by atoms with van der Waals surface area (Å²) in [5, 5.41) is 0.453. The van der Waals surface area contributed by atoms with Crippen LogP contribution in [-0.2, 0) is 0 Å². The normalized spacial score (nSPS) is 12.1. The molecule has 0 spiro atoms. The van der Waals surface area contributed by atoms with E-state index in [1.165, 1.54) is 23.0 Å². The van der Waals surface area contributed by atoms with E-state index in [-0.39, 0.29) is 17.2 Å². The molecule has 7 heteroatoms. The Hall–Kier alpha value is -3.74. The molecule has 0 aliphatic rings. The van der Waals surface area contributed by atoms with Gasteiger partial charge < -0.3 is 9.32 Å². The zero-order valence-electron chi connectivity index (χ0n) is 19.4. The number of carbonyl (C=O) groups excluding carboxylic acids is 1. The first kappa shape index (κ1) is 23.4. The van der Waals surface area contributed by atoms with Crippen LogP contribution in [0.5, 0.6) is 0 Å². The monoisotopic (exact) mass is 461 g/mol. The van der Waals surface area contributed by atoms with Gasteiger partial charge in [0.2, 0.25) is 0 Å². The molecule has 0 aliphatic carbocycles. The lowest BCUT2D eigenvalue weighted by atomic mass is 10.1. The van der Waals surface area contributed by atoms with Gasteiger partial charge in [0.15, 0.2) is 5.76 Å². The molecule has 2 aromatic carbocycles. The molecule has 34 heavy (non-hydrogen) atoms. The van der Waals surface area contributed by atoms with Crippen LogP contribution in [0.1, 0.15) is 62.0 Å². The maximum Gasteiger partial charge on any atom is 0.290 e. The van der Waals surface area contributed by atoms with Crippen LogP contribution < -0.4 is 5.56 Å². The number of nitrogens with zero attached hydrogens (tertiary/aromatic N) is 3. The van der Waals surface area contributed by atoms with Gasteiger partial charge in [0.1, 0.15) is 11.6 Å². The lowest BCUT2D eigenvalue weighted by Crippen LogP contribution is -2.38. The number of hydrogen-bond acceptors (Lipinski definition) is 4. The molecule has 1 unspecified atom stereocenters. The Morgan fingerprint density at radius 1 is 1.06 bits per heavy atom. The zero-order chi connectivity index (χ0) is 24.1. The summed E-state index contributed by atoms with van der Waals surface area (Å²) in [5.74, 6) is -0.0164. The molecule has 2 heterocycles. The average Bonchev–Trinajstić information content (AvgIpc) is 3.39. The number of carbonyl (C=O) groups is 1. The van der Waals surface area contributed by atoms with E-state index in [2.05, 4.69) is 6.92 Å². The van der Waals surface area contributed by atoms with Crippen molar-refractivity contribution < 1.29 is 13.6 Å². The fraction of sp³-hybridized carbons (Fsp3) is 0.296. The number of aromatic nitrogens is 2. The minimum absolute atomic E-state index is 0.235. The molecule has 0 N–H and O–H groups in total. The van der Waals surface area contributed by atoms with Crippen molar-refractivity contribution in [2.24, 2.45) is 0 Å². The van der Waals surface area contributed by atoms with Crippen molar-refractivity contribution in [1.82, 2.24) is 14.5 Å². The number of amides is 1. The molecule has 6 nitrogen and oxygen atoms in total. The van der Waals surface area contributed by atoms with E-state index in [0.29, 0.717) is 29.0 Å². The molecule has 4 rings (SSSR count). The second-order valence-corrected chi connectivity index (χ2v) is 8.32. The van der Waals surface area contributed by atoms with Gasteiger partial charge in [-0.25, -0.2) is 9.37 Å². The lowest BCUT2D eigenvalue weighted by molar-refractivity contribution is 0.0644. The minimum atomic E-state index is -0.540. The van der Waals surface area contributed by atoms with E-state index in [1.54, 1.807) is 47.4 Å². The van der Waals surface area contributed by atoms with Gasteiger partial charge in [0, 0.05) is 6.54 Å². The van der Waals surface area contributed by atoms with E-state index in [1.807, 2.05) is 13.0 Å². The van der Waals surface area contributed by atoms with Crippen LogP contribution in [0.4, 0.5) is 4.39 Å². The third-order valence-corrected chi connectivity index (χ3v) is 5.97. The molecule has 0 aliphatic heterocycles. The second-order valence-electron chi connectivity index (χ2n) is 8.32. The number of para-hydroxylation sites is 1. The number of furan rings is 1. The van der Waals surface area contributed by atoms with Crippen molar-refractivity contribution in [3.05, 3.63) is 94.7 Å². The van der Waals surface area contributed by atoms with Crippen molar-refractivity contribution in [3.63, 3.8) is 0 Å². The summed E-state index contributed by atoms with van der Waals surface area (Å²) in [7, 11) is 0. The molecule has 0 fully saturated rings. The largest absolute Gasteiger partial charge is 0.459 e. The molecule has 176 valence electrons. The number of halogens is 1. The SMILES string of the molecule is CCCCCCN(C(=O)c1ccco1)C(C)c1nc2ccccc2c(=O)n1-c1ccc(F)cc1. The first-order chi connectivity index (χ1) is 16.5. The second kappa shape index (κ2) is 10.5. The van der Waals surface area contributed by atoms with Crippen LogP contribution in [0.15, 0.2) is 76.1 Å². The highest BCUT2D eigenvalue weighted by atomic mass is 19.1. The van der Waals surface area contributed by atoms with Crippen LogP contribution >= 0.6 is 0 Å². The predicted molar refractivity (Wildman–Crippen MR) is 130 cm³/mol. The van der Waals surface area contributed by atoms with Crippen LogP contribution in [0, 0.1) is 5.82 Å². The lowest BCUT2D eigenvalue weighted by Gasteiger charge is -2.30. The van der Waals surface area contributed by atoms with Crippen molar-refractivity contribution in [1.29, 1.82) is 0 Å². The Kier molecular flexibility index (Phi) is 7.21. The average molecular weight is 462 g/mol. The van der Waals surface area contributed by atoms with Crippen molar-refractivity contribution in [3.8, 4) is 5.69 Å². The van der Waals surface area contributed by atoms with Gasteiger partial charge in [0.05, 0.1) is 28.9 Å². The van der Waals surface area contributed by atoms with Gasteiger partial charge in [-0.1, -0.05) is 38.3 Å². The first-order valence-electron chi connectivity index (χ1n) is 11.6. The maximum atomic E-state index is 13.6. The highest BCUT2D eigenvalue weighted by molar-refractivity contribution is 5.91. The van der Waals surface area contributed by atoms with Gasteiger partial charge in [-0.15, -0.1) is 0 Å². The van der Waals surface area contributed by atoms with E-state index in [0.717, 1.165) is 25.7 Å². The molecule has 2 aromatic heterocycles. The van der Waals surface area contributed by atoms with Crippen LogP contribution in [0.2, 0.25) is 0 Å². The summed E-state index contributed by atoms with van der Waals surface area (Å²) in [6.07, 6.45) is 5.43. The van der Waals surface area contributed by atoms with Crippen molar-refractivity contribution in [2.75, 3.05) is 6.54 Å². The van der Waals surface area contributed by atoms with Crippen LogP contribution in [-0.4, -0.2) is 26.9 Å². The molecular formula is C27H28FN3O3. The van der Waals surface area contributed by atoms with Crippen molar-refractivity contribution in [2.45, 2.75) is 45.6 Å². The van der Waals surface area contributed by atoms with Crippen molar-refractivity contribution >= 4 is 16.8 Å². The Labute approximate surface area is 197 Å². The summed E-state index contributed by atoms with van der Waals surface area (Å²) >= 11 is 0. The fourth-order valence-electron chi connectivity index (χ4n) is 4.13. The van der Waals surface area contributed by atoms with Gasteiger partial charge in [-0.2, -0.15) is 0 Å². The number of benzene rings is 2. The molecule has 1 atom stereocenters. The molecule has 0 saturated heterocycles. The molecule has 0 radical (unpaired) electrons. The standard InChI is InChI=1S/C27H28FN3O3/c1-3-4-5-8-17-30(27(33)24-12-9-18-34-24)19(2)25-29-23-11-7-6-10-22(23)26(32)31(25)21-15-13-20(28)14-16-21/h6-7,9-16,18-19H,3-5,8,17H2,1-2H3. The number of fused-ring (bicyclic) bond motifs is 1. The summed E-state index contributed by atoms with van der Waals surface area (Å²) < 4.78 is 20.5. The summed E-state index contributed by atoms with van der Waals surface area (Å²) in [4.78, 5) is 33.5. The van der Waals surface area contributed by atoms with Gasteiger partial charge >= 0.3 is 0 Å². The fourth-order valence-corrected chi connectivity index (χ4v) is 4.13. The van der Waals surface area contributed by atoms with E-state index in [9.17, 15) is 14.0 Å². The number of unbranched alkanes of at least 4 members (excludes halogenated alkanes) is 3. The van der Waals surface area contributed by atoms with Gasteiger partial charge in [0.25, 0.3) is 11.5 Å². The highest BCUT2D eigenvalue weighted by Gasteiger charge is 2.28. The number of rotatable bonds is 9. The molecule has 0 bridgehead atoms. The van der Waals surface area contributed by atoms with E-state index >= 15 is 0 Å². The summed E-state index contributed by atoms with van der Waals surface area (Å²) in [6.45, 7) is 4.48. The Balaban J connectivity index is 1.84. The smallest absolute Gasteiger partial charge is 0.290 e. The Bertz CT molecular complexity index is 1310. The van der Waals surface area contributed by atoms with Crippen LogP contribution in [0.25, 0.3) is 16.6 Å². The Morgan fingerprint density at radius 2 is 1.82 bits per heavy atom. The minimum Gasteiger partial charge on any atom is -0.459 e. The zero-order valence-corrected chi connectivity index (χ0v) is 19.4. The number of hydrogen-bond donors (Lipinski definition) is 0. The van der Waals surface area contributed by atoms with E-state index < -0.39 is 11.9 Å². The topological polar surface area (TPSA) is 68.3 Å². The third-order valence-electron chi connectivity index (χ3n) is 5.97. The third kappa shape index (κ3) is 4.78. The quantitative estimate of drug-likeness (QED) is 0.291. The van der Waals surface area contributed by atoms with Gasteiger partial charge in [-0.05, 0) is 61.9 Å². The molecule has 0 saturated carbocycles. The van der Waals surface area contributed by atoms with Gasteiger partial charge in [-0.3, -0.25) is 14.2 Å². The van der Waals surface area contributed by atoms with Crippen LogP contribution in [0.3, 0.4) is 0 Å². The predicted octanol–water partition coefficient (Wildman–Crippen LogP) is 5.90.